The summed E-state index contributed by atoms with van der Waals surface area (Å²) < 4.78 is 5.18. The highest BCUT2D eigenvalue weighted by Gasteiger charge is 2.13. The van der Waals surface area contributed by atoms with Gasteiger partial charge < -0.3 is 9.73 Å². The van der Waals surface area contributed by atoms with Gasteiger partial charge in [-0.15, -0.1) is 0 Å². The van der Waals surface area contributed by atoms with Crippen LogP contribution in [0.4, 0.5) is 0 Å². The molecule has 1 unspecified atom stereocenters. The molecular weight excluding hydrogens is 262 g/mol. The van der Waals surface area contributed by atoms with Gasteiger partial charge >= 0.3 is 0 Å². The average Bonchev–Trinajstić information content (AvgIpc) is 3.04. The van der Waals surface area contributed by atoms with E-state index < -0.39 is 0 Å². The third kappa shape index (κ3) is 3.28. The third-order valence-electron chi connectivity index (χ3n) is 3.56. The highest BCUT2D eigenvalue weighted by atomic mass is 16.3. The van der Waals surface area contributed by atoms with E-state index in [4.69, 9.17) is 4.42 Å². The van der Waals surface area contributed by atoms with E-state index in [1.165, 1.54) is 11.1 Å². The van der Waals surface area contributed by atoms with E-state index in [2.05, 4.69) is 34.3 Å². The fraction of sp³-hybridized carbons (Fsp3) is 0.294. The van der Waals surface area contributed by atoms with Crippen LogP contribution in [0.1, 0.15) is 30.5 Å². The van der Waals surface area contributed by atoms with Gasteiger partial charge in [-0.3, -0.25) is 9.97 Å². The van der Waals surface area contributed by atoms with Gasteiger partial charge in [0.05, 0.1) is 23.6 Å². The van der Waals surface area contributed by atoms with E-state index in [0.717, 1.165) is 30.4 Å². The molecule has 1 aromatic carbocycles. The standard InChI is InChI=1S/C17H19N3O/c1-2-6-18-16(10-13-5-9-21-12-13)14-3-4-15-17(11-14)20-8-7-19-15/h3-5,7-9,11-12,16,18H,2,6,10H2,1H3. The first kappa shape index (κ1) is 13.8. The molecule has 0 bridgehead atoms. The number of hydrogen-bond donors (Lipinski definition) is 1. The van der Waals surface area contributed by atoms with Crippen molar-refractivity contribution in [2.24, 2.45) is 0 Å². The number of rotatable bonds is 6. The summed E-state index contributed by atoms with van der Waals surface area (Å²) in [4.78, 5) is 8.71. The number of furan rings is 1. The van der Waals surface area contributed by atoms with Crippen molar-refractivity contribution >= 4 is 11.0 Å². The quantitative estimate of drug-likeness (QED) is 0.751. The number of hydrogen-bond acceptors (Lipinski definition) is 4. The van der Waals surface area contributed by atoms with Crippen LogP contribution in [0, 0.1) is 0 Å². The molecular formula is C17H19N3O. The summed E-state index contributed by atoms with van der Waals surface area (Å²) in [6.07, 6.45) is 8.99. The van der Waals surface area contributed by atoms with Crippen molar-refractivity contribution in [2.75, 3.05) is 6.54 Å². The monoisotopic (exact) mass is 281 g/mol. The molecule has 108 valence electrons. The Balaban J connectivity index is 1.89. The van der Waals surface area contributed by atoms with Crippen molar-refractivity contribution in [3.8, 4) is 0 Å². The Morgan fingerprint density at radius 3 is 2.76 bits per heavy atom. The fourth-order valence-corrected chi connectivity index (χ4v) is 2.47. The molecule has 4 nitrogen and oxygen atoms in total. The Hall–Kier alpha value is -2.20. The fourth-order valence-electron chi connectivity index (χ4n) is 2.47. The van der Waals surface area contributed by atoms with Crippen molar-refractivity contribution in [3.05, 3.63) is 60.3 Å². The maximum Gasteiger partial charge on any atom is 0.0935 e. The lowest BCUT2D eigenvalue weighted by molar-refractivity contribution is 0.521. The molecule has 4 heteroatoms. The zero-order chi connectivity index (χ0) is 14.5. The molecule has 2 heterocycles. The second kappa shape index (κ2) is 6.50. The average molecular weight is 281 g/mol. The van der Waals surface area contributed by atoms with Crippen molar-refractivity contribution < 1.29 is 4.42 Å². The maximum atomic E-state index is 5.18. The van der Waals surface area contributed by atoms with E-state index >= 15 is 0 Å². The summed E-state index contributed by atoms with van der Waals surface area (Å²) in [7, 11) is 0. The highest BCUT2D eigenvalue weighted by molar-refractivity contribution is 5.74. The summed E-state index contributed by atoms with van der Waals surface area (Å²) in [5.41, 5.74) is 4.30. The first-order valence-electron chi connectivity index (χ1n) is 7.32. The minimum absolute atomic E-state index is 0.258. The van der Waals surface area contributed by atoms with Gasteiger partial charge in [0.25, 0.3) is 0 Å². The minimum Gasteiger partial charge on any atom is -0.472 e. The van der Waals surface area contributed by atoms with E-state index in [0.29, 0.717) is 0 Å². The summed E-state index contributed by atoms with van der Waals surface area (Å²) in [5, 5.41) is 3.60. The Morgan fingerprint density at radius 2 is 2.00 bits per heavy atom. The molecule has 0 saturated heterocycles. The second-order valence-corrected chi connectivity index (χ2v) is 5.15. The molecule has 0 aliphatic carbocycles. The summed E-state index contributed by atoms with van der Waals surface area (Å²) in [6, 6.07) is 8.56. The zero-order valence-electron chi connectivity index (χ0n) is 12.1. The molecule has 1 N–H and O–H groups in total. The van der Waals surface area contributed by atoms with Crippen LogP contribution in [0.3, 0.4) is 0 Å². The molecule has 0 aliphatic rings. The van der Waals surface area contributed by atoms with Crippen molar-refractivity contribution in [1.82, 2.24) is 15.3 Å². The maximum absolute atomic E-state index is 5.18. The van der Waals surface area contributed by atoms with Gasteiger partial charge in [0, 0.05) is 18.4 Å². The predicted molar refractivity (Wildman–Crippen MR) is 83.0 cm³/mol. The predicted octanol–water partition coefficient (Wildman–Crippen LogP) is 3.51. The largest absolute Gasteiger partial charge is 0.472 e. The number of fused-ring (bicyclic) bond motifs is 1. The molecule has 0 spiro atoms. The summed E-state index contributed by atoms with van der Waals surface area (Å²) >= 11 is 0. The van der Waals surface area contributed by atoms with Crippen molar-refractivity contribution in [3.63, 3.8) is 0 Å². The Bertz CT molecular complexity index is 694. The Morgan fingerprint density at radius 1 is 1.14 bits per heavy atom. The molecule has 0 saturated carbocycles. The van der Waals surface area contributed by atoms with Gasteiger partial charge in [-0.05, 0) is 48.7 Å². The van der Waals surface area contributed by atoms with Crippen molar-refractivity contribution in [2.45, 2.75) is 25.8 Å². The van der Waals surface area contributed by atoms with Crippen LogP contribution in [0.15, 0.2) is 53.6 Å². The molecule has 1 atom stereocenters. The first-order valence-corrected chi connectivity index (χ1v) is 7.32. The van der Waals surface area contributed by atoms with Gasteiger partial charge in [0.2, 0.25) is 0 Å². The topological polar surface area (TPSA) is 51.0 Å². The SMILES string of the molecule is CCCNC(Cc1ccoc1)c1ccc2nccnc2c1. The lowest BCUT2D eigenvalue weighted by Gasteiger charge is -2.18. The minimum atomic E-state index is 0.258. The van der Waals surface area contributed by atoms with Gasteiger partial charge in [-0.2, -0.15) is 0 Å². The van der Waals surface area contributed by atoms with E-state index in [9.17, 15) is 0 Å². The van der Waals surface area contributed by atoms with Gasteiger partial charge in [-0.25, -0.2) is 0 Å². The molecule has 21 heavy (non-hydrogen) atoms. The molecule has 3 aromatic rings. The molecule has 0 aliphatic heterocycles. The molecule has 0 fully saturated rings. The van der Waals surface area contributed by atoms with Gasteiger partial charge in [-0.1, -0.05) is 13.0 Å². The molecule has 3 rings (SSSR count). The molecule has 0 radical (unpaired) electrons. The van der Waals surface area contributed by atoms with Crippen LogP contribution in [-0.2, 0) is 6.42 Å². The van der Waals surface area contributed by atoms with Gasteiger partial charge in [0.15, 0.2) is 0 Å². The van der Waals surface area contributed by atoms with Crippen LogP contribution in [0.2, 0.25) is 0 Å². The third-order valence-corrected chi connectivity index (χ3v) is 3.56. The molecule has 0 amide bonds. The van der Waals surface area contributed by atoms with Gasteiger partial charge in [0.1, 0.15) is 0 Å². The van der Waals surface area contributed by atoms with Crippen LogP contribution < -0.4 is 5.32 Å². The lowest BCUT2D eigenvalue weighted by Crippen LogP contribution is -2.24. The Kier molecular flexibility index (Phi) is 4.26. The van der Waals surface area contributed by atoms with Crippen LogP contribution in [0.25, 0.3) is 11.0 Å². The summed E-state index contributed by atoms with van der Waals surface area (Å²) in [5.74, 6) is 0. The van der Waals surface area contributed by atoms with Crippen molar-refractivity contribution in [1.29, 1.82) is 0 Å². The van der Waals surface area contributed by atoms with Crippen LogP contribution in [0.5, 0.6) is 0 Å². The van der Waals surface area contributed by atoms with E-state index in [1.54, 1.807) is 18.7 Å². The second-order valence-electron chi connectivity index (χ2n) is 5.15. The lowest BCUT2D eigenvalue weighted by atomic mass is 9.99. The number of nitrogens with one attached hydrogen (secondary N) is 1. The summed E-state index contributed by atoms with van der Waals surface area (Å²) in [6.45, 7) is 3.16. The number of benzene rings is 1. The van der Waals surface area contributed by atoms with E-state index in [1.807, 2.05) is 18.4 Å². The van der Waals surface area contributed by atoms with Crippen LogP contribution >= 0.6 is 0 Å². The zero-order valence-corrected chi connectivity index (χ0v) is 12.1. The normalized spacial score (nSPS) is 12.6. The Labute approximate surface area is 124 Å². The molecule has 2 aromatic heterocycles. The highest BCUT2D eigenvalue weighted by Crippen LogP contribution is 2.21. The van der Waals surface area contributed by atoms with Crippen LogP contribution in [-0.4, -0.2) is 16.5 Å². The number of nitrogens with zero attached hydrogens (tertiary/aromatic N) is 2. The van der Waals surface area contributed by atoms with E-state index in [-0.39, 0.29) is 6.04 Å². The smallest absolute Gasteiger partial charge is 0.0935 e. The first-order chi connectivity index (χ1) is 10.4. The number of aromatic nitrogens is 2.